The van der Waals surface area contributed by atoms with E-state index in [1.807, 2.05) is 0 Å². The molecule has 0 spiro atoms. The molecule has 136 valence electrons. The minimum atomic E-state index is -0.755. The molecule has 0 heterocycles. The van der Waals surface area contributed by atoms with Gasteiger partial charge in [-0.1, -0.05) is 24.3 Å². The van der Waals surface area contributed by atoms with E-state index in [4.69, 9.17) is 10.2 Å². The molecule has 4 nitrogen and oxygen atoms in total. The van der Waals surface area contributed by atoms with Crippen LogP contribution in [-0.4, -0.2) is 22.2 Å². The first-order valence-electron chi connectivity index (χ1n) is 8.33. The fourth-order valence-electron chi connectivity index (χ4n) is 3.09. The van der Waals surface area contributed by atoms with Crippen LogP contribution in [0.2, 0.25) is 0 Å². The first kappa shape index (κ1) is 18.0. The molecule has 0 bridgehead atoms. The Hall–Kier alpha value is -2.76. The zero-order valence-electron chi connectivity index (χ0n) is 13.8. The van der Waals surface area contributed by atoms with Crippen LogP contribution in [0.15, 0.2) is 48.5 Å². The van der Waals surface area contributed by atoms with Gasteiger partial charge in [-0.25, -0.2) is 8.78 Å². The normalized spacial score (nSPS) is 25.6. The Morgan fingerprint density at radius 2 is 1.00 bits per heavy atom. The maximum atomic E-state index is 12.5. The van der Waals surface area contributed by atoms with Crippen LogP contribution in [0.3, 0.4) is 0 Å². The van der Waals surface area contributed by atoms with Crippen molar-refractivity contribution < 1.29 is 28.6 Å². The second-order valence-corrected chi connectivity index (χ2v) is 6.68. The van der Waals surface area contributed by atoms with Crippen LogP contribution in [0.1, 0.15) is 35.8 Å². The van der Waals surface area contributed by atoms with E-state index in [2.05, 4.69) is 0 Å². The van der Waals surface area contributed by atoms with Gasteiger partial charge in [-0.2, -0.15) is 0 Å². The predicted octanol–water partition coefficient (Wildman–Crippen LogP) is 4.03. The molecule has 0 amide bonds. The molecule has 6 heteroatoms. The SMILES string of the molecule is O=C(O)[C@@H]1C[C@H]1c1ccc(F)cc1.O=C(O)[C@H]1C[C@@H]1c1ccc(F)cc1. The molecule has 26 heavy (non-hydrogen) atoms. The minimum Gasteiger partial charge on any atom is -0.481 e. The summed E-state index contributed by atoms with van der Waals surface area (Å²) in [5, 5.41) is 17.3. The lowest BCUT2D eigenvalue weighted by Gasteiger charge is -1.96. The highest BCUT2D eigenvalue weighted by Crippen LogP contribution is 2.48. The number of carboxylic acids is 2. The third-order valence-corrected chi connectivity index (χ3v) is 4.81. The summed E-state index contributed by atoms with van der Waals surface area (Å²) in [4.78, 5) is 21.1. The number of carbonyl (C=O) groups is 2. The van der Waals surface area contributed by atoms with Gasteiger partial charge in [-0.15, -0.1) is 0 Å². The monoisotopic (exact) mass is 360 g/mol. The summed E-state index contributed by atoms with van der Waals surface area (Å²) in [6.45, 7) is 0. The van der Waals surface area contributed by atoms with Gasteiger partial charge in [0.25, 0.3) is 0 Å². The second-order valence-electron chi connectivity index (χ2n) is 6.68. The molecule has 2 aliphatic rings. The predicted molar refractivity (Wildman–Crippen MR) is 89.8 cm³/mol. The molecule has 0 unspecified atom stereocenters. The van der Waals surface area contributed by atoms with Gasteiger partial charge >= 0.3 is 11.9 Å². The third kappa shape index (κ3) is 4.25. The lowest BCUT2D eigenvalue weighted by atomic mass is 10.1. The second kappa shape index (κ2) is 7.23. The van der Waals surface area contributed by atoms with E-state index in [9.17, 15) is 18.4 Å². The zero-order valence-corrected chi connectivity index (χ0v) is 13.8. The van der Waals surface area contributed by atoms with Crippen LogP contribution in [-0.2, 0) is 9.59 Å². The average Bonchev–Trinajstić information content (AvgIpc) is 3.49. The Balaban J connectivity index is 0.000000151. The topological polar surface area (TPSA) is 74.6 Å². The molecule has 0 radical (unpaired) electrons. The molecule has 0 aromatic heterocycles. The first-order valence-corrected chi connectivity index (χ1v) is 8.33. The Bertz CT molecular complexity index is 732. The van der Waals surface area contributed by atoms with Crippen LogP contribution in [0.25, 0.3) is 0 Å². The minimum absolute atomic E-state index is 0.0955. The van der Waals surface area contributed by atoms with Gasteiger partial charge in [0.2, 0.25) is 0 Å². The average molecular weight is 360 g/mol. The standard InChI is InChI=1S/2C10H9FO2/c2*11-7-3-1-6(2-4-7)8-5-9(8)10(12)13/h2*1-4,8-9H,5H2,(H,12,13)/t2*8-,9+/m10/s1. The van der Waals surface area contributed by atoms with E-state index in [0.717, 1.165) is 11.1 Å². The molecule has 2 fully saturated rings. The van der Waals surface area contributed by atoms with Crippen molar-refractivity contribution in [2.45, 2.75) is 24.7 Å². The summed E-state index contributed by atoms with van der Waals surface area (Å²) >= 11 is 0. The molecule has 4 rings (SSSR count). The summed E-state index contributed by atoms with van der Waals surface area (Å²) in [5.41, 5.74) is 1.85. The number of hydrogen-bond acceptors (Lipinski definition) is 2. The Kier molecular flexibility index (Phi) is 5.02. The van der Waals surface area contributed by atoms with Crippen molar-refractivity contribution in [3.05, 3.63) is 71.3 Å². The van der Waals surface area contributed by atoms with E-state index < -0.39 is 11.9 Å². The number of hydrogen-bond donors (Lipinski definition) is 2. The highest BCUT2D eigenvalue weighted by molar-refractivity contribution is 5.75. The highest BCUT2D eigenvalue weighted by Gasteiger charge is 2.44. The van der Waals surface area contributed by atoms with Crippen molar-refractivity contribution in [1.82, 2.24) is 0 Å². The summed E-state index contributed by atoms with van der Waals surface area (Å²) in [7, 11) is 0. The molecular weight excluding hydrogens is 342 g/mol. The van der Waals surface area contributed by atoms with E-state index in [0.29, 0.717) is 12.8 Å². The van der Waals surface area contributed by atoms with Crippen molar-refractivity contribution in [3.8, 4) is 0 Å². The molecule has 2 aromatic carbocycles. The summed E-state index contributed by atoms with van der Waals surface area (Å²) in [6.07, 6.45) is 1.36. The zero-order chi connectivity index (χ0) is 18.8. The largest absolute Gasteiger partial charge is 0.481 e. The van der Waals surface area contributed by atoms with Crippen molar-refractivity contribution in [2.24, 2.45) is 11.8 Å². The van der Waals surface area contributed by atoms with Gasteiger partial charge < -0.3 is 10.2 Å². The van der Waals surface area contributed by atoms with Crippen molar-refractivity contribution >= 4 is 11.9 Å². The van der Waals surface area contributed by atoms with Crippen LogP contribution in [0.4, 0.5) is 8.78 Å². The van der Waals surface area contributed by atoms with Crippen LogP contribution < -0.4 is 0 Å². The fourth-order valence-corrected chi connectivity index (χ4v) is 3.09. The fraction of sp³-hybridized carbons (Fsp3) is 0.300. The maximum Gasteiger partial charge on any atom is 0.307 e. The number of benzene rings is 2. The van der Waals surface area contributed by atoms with Crippen LogP contribution in [0.5, 0.6) is 0 Å². The van der Waals surface area contributed by atoms with E-state index in [-0.39, 0.29) is 35.3 Å². The molecule has 2 aliphatic carbocycles. The van der Waals surface area contributed by atoms with Crippen molar-refractivity contribution in [1.29, 1.82) is 0 Å². The smallest absolute Gasteiger partial charge is 0.307 e. The van der Waals surface area contributed by atoms with Gasteiger partial charge in [0.05, 0.1) is 11.8 Å². The molecular formula is C20H18F2O4. The van der Waals surface area contributed by atoms with E-state index in [1.165, 1.54) is 24.3 Å². The Labute approximate surface area is 149 Å². The van der Waals surface area contributed by atoms with Gasteiger partial charge in [-0.05, 0) is 60.1 Å². The van der Waals surface area contributed by atoms with Gasteiger partial charge in [-0.3, -0.25) is 9.59 Å². The summed E-state index contributed by atoms with van der Waals surface area (Å²) < 4.78 is 25.0. The highest BCUT2D eigenvalue weighted by atomic mass is 19.1. The molecule has 2 saturated carbocycles. The number of halogens is 2. The summed E-state index contributed by atoms with van der Waals surface area (Å²) in [5.74, 6) is -2.40. The molecule has 0 saturated heterocycles. The Morgan fingerprint density at radius 1 is 0.692 bits per heavy atom. The van der Waals surface area contributed by atoms with Gasteiger partial charge in [0, 0.05) is 0 Å². The lowest BCUT2D eigenvalue weighted by molar-refractivity contribution is -0.139. The number of carboxylic acid groups (broad SMARTS) is 2. The van der Waals surface area contributed by atoms with E-state index in [1.54, 1.807) is 24.3 Å². The maximum absolute atomic E-state index is 12.5. The number of aliphatic carboxylic acids is 2. The molecule has 2 aromatic rings. The Morgan fingerprint density at radius 3 is 1.23 bits per heavy atom. The molecule has 4 atom stereocenters. The van der Waals surface area contributed by atoms with Gasteiger partial charge in [0.1, 0.15) is 11.6 Å². The lowest BCUT2D eigenvalue weighted by Crippen LogP contribution is -1.98. The third-order valence-electron chi connectivity index (χ3n) is 4.81. The molecule has 0 aliphatic heterocycles. The van der Waals surface area contributed by atoms with Crippen molar-refractivity contribution in [2.75, 3.05) is 0 Å². The first-order chi connectivity index (χ1) is 12.4. The van der Waals surface area contributed by atoms with Crippen molar-refractivity contribution in [3.63, 3.8) is 0 Å². The number of rotatable bonds is 4. The molecule has 2 N–H and O–H groups in total. The quantitative estimate of drug-likeness (QED) is 0.863. The van der Waals surface area contributed by atoms with Crippen LogP contribution in [0, 0.1) is 23.5 Å². The summed E-state index contributed by atoms with van der Waals surface area (Å²) in [6, 6.07) is 12.1. The van der Waals surface area contributed by atoms with Gasteiger partial charge in [0.15, 0.2) is 0 Å². The van der Waals surface area contributed by atoms with E-state index >= 15 is 0 Å². The van der Waals surface area contributed by atoms with Crippen LogP contribution >= 0.6 is 0 Å².